The van der Waals surface area contributed by atoms with Crippen molar-refractivity contribution >= 4 is 11.9 Å². The molecule has 0 radical (unpaired) electrons. The molecule has 0 bridgehead atoms. The fourth-order valence-electron chi connectivity index (χ4n) is 2.79. The summed E-state index contributed by atoms with van der Waals surface area (Å²) in [6, 6.07) is 9.61. The minimum absolute atomic E-state index is 0.187. The summed E-state index contributed by atoms with van der Waals surface area (Å²) < 4.78 is 9.58. The van der Waals surface area contributed by atoms with Gasteiger partial charge in [-0.1, -0.05) is 30.3 Å². The van der Waals surface area contributed by atoms with E-state index in [4.69, 9.17) is 9.57 Å². The van der Waals surface area contributed by atoms with Crippen molar-refractivity contribution in [3.63, 3.8) is 0 Å². The van der Waals surface area contributed by atoms with Gasteiger partial charge in [0.1, 0.15) is 5.92 Å². The van der Waals surface area contributed by atoms with Crippen LogP contribution in [0.5, 0.6) is 0 Å². The lowest BCUT2D eigenvalue weighted by molar-refractivity contribution is -0.171. The number of carbonyl (C=O) groups excluding carboxylic acids is 2. The maximum atomic E-state index is 12.1. The first kappa shape index (κ1) is 16.5. The minimum Gasteiger partial charge on any atom is -0.469 e. The van der Waals surface area contributed by atoms with Gasteiger partial charge in [0.05, 0.1) is 32.8 Å². The Hall–Kier alpha value is -1.92. The van der Waals surface area contributed by atoms with E-state index in [0.717, 1.165) is 5.56 Å². The summed E-state index contributed by atoms with van der Waals surface area (Å²) in [5, 5.41) is 1.68. The Morgan fingerprint density at radius 2 is 1.95 bits per heavy atom. The van der Waals surface area contributed by atoms with Crippen LogP contribution in [0, 0.1) is 5.92 Å². The third-order valence-corrected chi connectivity index (χ3v) is 4.18. The first-order valence-corrected chi connectivity index (χ1v) is 7.14. The first-order chi connectivity index (χ1) is 10.5. The van der Waals surface area contributed by atoms with Gasteiger partial charge in [-0.3, -0.25) is 14.4 Å². The average molecular weight is 307 g/mol. The fourth-order valence-corrected chi connectivity index (χ4v) is 2.79. The number of methoxy groups -OCH3 is 2. The lowest BCUT2D eigenvalue weighted by atomic mass is 9.80. The standard InChI is InChI=1S/C16H21NO5/c1-16(12-7-5-4-6-8-12)13(15(19)21-3)11-22-17(16)10-9-14(18)20-2/h4-8,13H,9-11H2,1-3H3. The second kappa shape index (κ2) is 6.89. The first-order valence-electron chi connectivity index (χ1n) is 7.14. The number of hydrogen-bond donors (Lipinski definition) is 0. The number of nitrogens with zero attached hydrogens (tertiary/aromatic N) is 1. The molecule has 0 saturated carbocycles. The molecule has 6 nitrogen and oxygen atoms in total. The van der Waals surface area contributed by atoms with Crippen molar-refractivity contribution in [2.24, 2.45) is 5.92 Å². The van der Waals surface area contributed by atoms with E-state index in [1.165, 1.54) is 14.2 Å². The summed E-state index contributed by atoms with van der Waals surface area (Å²) >= 11 is 0. The molecule has 6 heteroatoms. The number of benzene rings is 1. The van der Waals surface area contributed by atoms with Crippen molar-refractivity contribution < 1.29 is 23.9 Å². The van der Waals surface area contributed by atoms with Crippen molar-refractivity contribution in [3.8, 4) is 0 Å². The molecule has 2 rings (SSSR count). The smallest absolute Gasteiger partial charge is 0.313 e. The predicted molar refractivity (Wildman–Crippen MR) is 78.6 cm³/mol. The van der Waals surface area contributed by atoms with Gasteiger partial charge in [0.2, 0.25) is 0 Å². The maximum absolute atomic E-state index is 12.1. The summed E-state index contributed by atoms with van der Waals surface area (Å²) in [5.74, 6) is -1.11. The highest BCUT2D eigenvalue weighted by Gasteiger charge is 2.52. The number of hydroxylamine groups is 2. The second-order valence-corrected chi connectivity index (χ2v) is 5.31. The van der Waals surface area contributed by atoms with E-state index in [9.17, 15) is 9.59 Å². The molecule has 1 aromatic rings. The van der Waals surface area contributed by atoms with Gasteiger partial charge in [-0.25, -0.2) is 0 Å². The van der Waals surface area contributed by atoms with E-state index in [1.54, 1.807) is 5.06 Å². The molecule has 1 aliphatic heterocycles. The zero-order valence-corrected chi connectivity index (χ0v) is 13.1. The van der Waals surface area contributed by atoms with Crippen molar-refractivity contribution in [1.29, 1.82) is 0 Å². The minimum atomic E-state index is -0.692. The molecular weight excluding hydrogens is 286 g/mol. The van der Waals surface area contributed by atoms with Crippen LogP contribution in [0.25, 0.3) is 0 Å². The molecule has 1 aromatic carbocycles. The fraction of sp³-hybridized carbons (Fsp3) is 0.500. The Labute approximate surface area is 129 Å². The van der Waals surface area contributed by atoms with Gasteiger partial charge in [-0.2, -0.15) is 5.06 Å². The molecule has 1 aliphatic rings. The molecule has 22 heavy (non-hydrogen) atoms. The molecule has 2 atom stereocenters. The Kier molecular flexibility index (Phi) is 5.15. The summed E-state index contributed by atoms with van der Waals surface area (Å²) in [7, 11) is 2.71. The summed E-state index contributed by atoms with van der Waals surface area (Å²) in [6.07, 6.45) is 0.187. The number of esters is 2. The molecule has 120 valence electrons. The highest BCUT2D eigenvalue weighted by Crippen LogP contribution is 2.42. The zero-order chi connectivity index (χ0) is 16.2. The van der Waals surface area contributed by atoms with Crippen LogP contribution in [0.1, 0.15) is 18.9 Å². The molecule has 1 saturated heterocycles. The normalized spacial score (nSPS) is 25.0. The van der Waals surface area contributed by atoms with Gasteiger partial charge in [-0.15, -0.1) is 0 Å². The molecular formula is C16H21NO5. The van der Waals surface area contributed by atoms with Crippen molar-refractivity contribution in [2.45, 2.75) is 18.9 Å². The zero-order valence-electron chi connectivity index (χ0n) is 13.1. The summed E-state index contributed by atoms with van der Waals surface area (Å²) in [4.78, 5) is 29.2. The van der Waals surface area contributed by atoms with Crippen LogP contribution < -0.4 is 0 Å². The molecule has 0 aromatic heterocycles. The Morgan fingerprint density at radius 3 is 2.55 bits per heavy atom. The lowest BCUT2D eigenvalue weighted by Crippen LogP contribution is -2.46. The molecule has 1 fully saturated rings. The quantitative estimate of drug-likeness (QED) is 0.768. The Morgan fingerprint density at radius 1 is 1.27 bits per heavy atom. The van der Waals surface area contributed by atoms with Crippen LogP contribution in [0.2, 0.25) is 0 Å². The molecule has 2 unspecified atom stereocenters. The van der Waals surface area contributed by atoms with Gasteiger partial charge in [0.15, 0.2) is 0 Å². The van der Waals surface area contributed by atoms with E-state index in [2.05, 4.69) is 4.74 Å². The van der Waals surface area contributed by atoms with Crippen LogP contribution in [0.3, 0.4) is 0 Å². The molecule has 0 N–H and O–H groups in total. The van der Waals surface area contributed by atoms with Gasteiger partial charge in [0, 0.05) is 6.54 Å². The largest absolute Gasteiger partial charge is 0.469 e. The van der Waals surface area contributed by atoms with Crippen LogP contribution in [-0.4, -0.2) is 44.4 Å². The van der Waals surface area contributed by atoms with E-state index in [0.29, 0.717) is 6.54 Å². The molecule has 0 aliphatic carbocycles. The summed E-state index contributed by atoms with van der Waals surface area (Å²) in [5.41, 5.74) is 0.246. The number of rotatable bonds is 5. The molecule has 0 amide bonds. The molecule has 0 spiro atoms. The van der Waals surface area contributed by atoms with Gasteiger partial charge in [0.25, 0.3) is 0 Å². The van der Waals surface area contributed by atoms with Crippen molar-refractivity contribution in [3.05, 3.63) is 35.9 Å². The number of carbonyl (C=O) groups is 2. The third-order valence-electron chi connectivity index (χ3n) is 4.18. The topological polar surface area (TPSA) is 65.1 Å². The maximum Gasteiger partial charge on any atom is 0.313 e. The van der Waals surface area contributed by atoms with E-state index < -0.39 is 11.5 Å². The Balaban J connectivity index is 2.30. The highest BCUT2D eigenvalue weighted by atomic mass is 16.7. The number of ether oxygens (including phenoxy) is 2. The summed E-state index contributed by atoms with van der Waals surface area (Å²) in [6.45, 7) is 2.49. The average Bonchev–Trinajstić information content (AvgIpc) is 2.90. The predicted octanol–water partition coefficient (Wildman–Crippen LogP) is 1.50. The van der Waals surface area contributed by atoms with E-state index in [1.807, 2.05) is 37.3 Å². The Bertz CT molecular complexity index is 533. The monoisotopic (exact) mass is 307 g/mol. The third kappa shape index (κ3) is 2.98. The van der Waals surface area contributed by atoms with Crippen LogP contribution in [0.15, 0.2) is 30.3 Å². The van der Waals surface area contributed by atoms with Crippen molar-refractivity contribution in [2.75, 3.05) is 27.4 Å². The van der Waals surface area contributed by atoms with Crippen LogP contribution >= 0.6 is 0 Å². The number of hydrogen-bond acceptors (Lipinski definition) is 6. The van der Waals surface area contributed by atoms with Crippen LogP contribution in [0.4, 0.5) is 0 Å². The van der Waals surface area contributed by atoms with E-state index >= 15 is 0 Å². The van der Waals surface area contributed by atoms with Gasteiger partial charge >= 0.3 is 11.9 Å². The molecule has 1 heterocycles. The van der Waals surface area contributed by atoms with E-state index in [-0.39, 0.29) is 25.0 Å². The van der Waals surface area contributed by atoms with Gasteiger partial charge in [-0.05, 0) is 12.5 Å². The lowest BCUT2D eigenvalue weighted by Gasteiger charge is -2.36. The van der Waals surface area contributed by atoms with Crippen LogP contribution in [-0.2, 0) is 29.4 Å². The SMILES string of the molecule is COC(=O)CCN1OCC(C(=O)OC)C1(C)c1ccccc1. The highest BCUT2D eigenvalue weighted by molar-refractivity contribution is 5.75. The van der Waals surface area contributed by atoms with Gasteiger partial charge < -0.3 is 9.47 Å². The van der Waals surface area contributed by atoms with Crippen molar-refractivity contribution in [1.82, 2.24) is 5.06 Å². The second-order valence-electron chi connectivity index (χ2n) is 5.31.